The van der Waals surface area contributed by atoms with Gasteiger partial charge in [-0.05, 0) is 25.7 Å². The van der Waals surface area contributed by atoms with E-state index in [4.69, 9.17) is 4.74 Å². The van der Waals surface area contributed by atoms with Crippen LogP contribution < -0.4 is 5.32 Å². The second kappa shape index (κ2) is 7.87. The van der Waals surface area contributed by atoms with Crippen LogP contribution in [0.2, 0.25) is 0 Å². The van der Waals surface area contributed by atoms with Crippen LogP contribution in [0.15, 0.2) is 0 Å². The first-order valence-electron chi connectivity index (χ1n) is 7.15. The van der Waals surface area contributed by atoms with Gasteiger partial charge in [-0.15, -0.1) is 0 Å². The normalized spacial score (nSPS) is 25.2. The van der Waals surface area contributed by atoms with Crippen molar-refractivity contribution in [2.24, 2.45) is 17.8 Å². The number of hydrogen-bond donors (Lipinski definition) is 2. The highest BCUT2D eigenvalue weighted by Gasteiger charge is 2.41. The van der Waals surface area contributed by atoms with Gasteiger partial charge in [-0.1, -0.05) is 13.3 Å². The molecule has 0 aromatic rings. The van der Waals surface area contributed by atoms with Crippen molar-refractivity contribution in [1.29, 1.82) is 0 Å². The van der Waals surface area contributed by atoms with Gasteiger partial charge in [0.2, 0.25) is 5.91 Å². The molecule has 0 spiro atoms. The third kappa shape index (κ3) is 4.51. The molecular formula is C14H23NO5. The number of amides is 1. The van der Waals surface area contributed by atoms with Gasteiger partial charge >= 0.3 is 11.9 Å². The molecule has 3 unspecified atom stereocenters. The van der Waals surface area contributed by atoms with Crippen molar-refractivity contribution in [3.8, 4) is 0 Å². The number of carboxylic acid groups (broad SMARTS) is 1. The molecule has 1 fully saturated rings. The van der Waals surface area contributed by atoms with Crippen LogP contribution in [0.3, 0.4) is 0 Å². The zero-order chi connectivity index (χ0) is 15.1. The van der Waals surface area contributed by atoms with Crippen molar-refractivity contribution in [2.75, 3.05) is 13.2 Å². The van der Waals surface area contributed by atoms with E-state index in [-0.39, 0.29) is 30.8 Å². The Hall–Kier alpha value is -1.59. The van der Waals surface area contributed by atoms with Gasteiger partial charge in [-0.3, -0.25) is 14.4 Å². The third-order valence-corrected chi connectivity index (χ3v) is 3.83. The van der Waals surface area contributed by atoms with Gasteiger partial charge in [0.05, 0.1) is 24.9 Å². The lowest BCUT2D eigenvalue weighted by molar-refractivity contribution is -0.146. The lowest BCUT2D eigenvalue weighted by Gasteiger charge is -2.15. The fourth-order valence-corrected chi connectivity index (χ4v) is 2.69. The van der Waals surface area contributed by atoms with E-state index in [2.05, 4.69) is 5.32 Å². The summed E-state index contributed by atoms with van der Waals surface area (Å²) in [7, 11) is 0. The summed E-state index contributed by atoms with van der Waals surface area (Å²) in [6.07, 6.45) is 2.16. The maximum absolute atomic E-state index is 12.0. The van der Waals surface area contributed by atoms with Crippen molar-refractivity contribution >= 4 is 17.8 Å². The first kappa shape index (κ1) is 16.5. The van der Waals surface area contributed by atoms with Gasteiger partial charge in [0, 0.05) is 6.54 Å². The Balaban J connectivity index is 2.45. The minimum Gasteiger partial charge on any atom is -0.481 e. The molecule has 0 bridgehead atoms. The maximum atomic E-state index is 12.0. The maximum Gasteiger partial charge on any atom is 0.307 e. The van der Waals surface area contributed by atoms with E-state index in [0.29, 0.717) is 19.4 Å². The van der Waals surface area contributed by atoms with E-state index < -0.39 is 17.8 Å². The molecule has 1 rings (SSSR count). The first-order valence-corrected chi connectivity index (χ1v) is 7.15. The smallest absolute Gasteiger partial charge is 0.307 e. The van der Waals surface area contributed by atoms with Crippen LogP contribution >= 0.6 is 0 Å². The predicted octanol–water partition coefficient (Wildman–Crippen LogP) is 1.19. The number of carbonyl (C=O) groups is 3. The molecule has 0 radical (unpaired) electrons. The van der Waals surface area contributed by atoms with Crippen molar-refractivity contribution in [3.05, 3.63) is 0 Å². The minimum atomic E-state index is -0.911. The Morgan fingerprint density at radius 2 is 1.85 bits per heavy atom. The zero-order valence-corrected chi connectivity index (χ0v) is 12.1. The fourth-order valence-electron chi connectivity index (χ4n) is 2.69. The number of hydrogen-bond acceptors (Lipinski definition) is 4. The molecule has 1 saturated carbocycles. The monoisotopic (exact) mass is 285 g/mol. The number of carboxylic acids is 1. The highest BCUT2D eigenvalue weighted by atomic mass is 16.5. The summed E-state index contributed by atoms with van der Waals surface area (Å²) in [6.45, 7) is 4.23. The van der Waals surface area contributed by atoms with E-state index in [1.54, 1.807) is 6.92 Å². The summed E-state index contributed by atoms with van der Waals surface area (Å²) >= 11 is 0. The van der Waals surface area contributed by atoms with Gasteiger partial charge < -0.3 is 15.2 Å². The molecule has 0 saturated heterocycles. The molecule has 1 aliphatic carbocycles. The lowest BCUT2D eigenvalue weighted by Crippen LogP contribution is -2.36. The molecule has 0 aromatic heterocycles. The van der Waals surface area contributed by atoms with Gasteiger partial charge in [0.25, 0.3) is 0 Å². The molecule has 2 N–H and O–H groups in total. The number of esters is 1. The summed E-state index contributed by atoms with van der Waals surface area (Å²) < 4.78 is 4.76. The van der Waals surface area contributed by atoms with Gasteiger partial charge in [0.1, 0.15) is 0 Å². The van der Waals surface area contributed by atoms with Crippen molar-refractivity contribution in [2.45, 2.75) is 39.5 Å². The van der Waals surface area contributed by atoms with Crippen LogP contribution in [0.4, 0.5) is 0 Å². The molecular weight excluding hydrogens is 262 g/mol. The molecule has 0 aliphatic heterocycles. The van der Waals surface area contributed by atoms with Crippen molar-refractivity contribution in [1.82, 2.24) is 5.32 Å². The third-order valence-electron chi connectivity index (χ3n) is 3.83. The topological polar surface area (TPSA) is 92.7 Å². The Morgan fingerprint density at radius 1 is 1.20 bits per heavy atom. The second-order valence-corrected chi connectivity index (χ2v) is 5.14. The van der Waals surface area contributed by atoms with Crippen LogP contribution in [0, 0.1) is 17.8 Å². The molecule has 3 atom stereocenters. The van der Waals surface area contributed by atoms with E-state index in [1.165, 1.54) is 0 Å². The van der Waals surface area contributed by atoms with Crippen LogP contribution in [-0.2, 0) is 19.1 Å². The Morgan fingerprint density at radius 3 is 2.40 bits per heavy atom. The van der Waals surface area contributed by atoms with Crippen LogP contribution in [0.5, 0.6) is 0 Å². The number of rotatable bonds is 7. The van der Waals surface area contributed by atoms with Crippen molar-refractivity contribution < 1.29 is 24.2 Å². The average Bonchev–Trinajstić information content (AvgIpc) is 2.83. The lowest BCUT2D eigenvalue weighted by atomic mass is 9.95. The summed E-state index contributed by atoms with van der Waals surface area (Å²) in [6, 6.07) is 0. The quantitative estimate of drug-likeness (QED) is 0.685. The van der Waals surface area contributed by atoms with E-state index in [0.717, 1.165) is 6.42 Å². The molecule has 6 heteroatoms. The van der Waals surface area contributed by atoms with Crippen LogP contribution in [0.25, 0.3) is 0 Å². The SMILES string of the molecule is CCOC(=O)CCNC(=O)C1CC(CC)CC1C(=O)O. The van der Waals surface area contributed by atoms with E-state index in [9.17, 15) is 19.5 Å². The van der Waals surface area contributed by atoms with Gasteiger partial charge in [-0.2, -0.15) is 0 Å². The van der Waals surface area contributed by atoms with E-state index in [1.807, 2.05) is 6.92 Å². The van der Waals surface area contributed by atoms with Gasteiger partial charge in [-0.25, -0.2) is 0 Å². The summed E-state index contributed by atoms with van der Waals surface area (Å²) in [4.78, 5) is 34.4. The van der Waals surface area contributed by atoms with Gasteiger partial charge in [0.15, 0.2) is 0 Å². The number of aliphatic carboxylic acids is 1. The fraction of sp³-hybridized carbons (Fsp3) is 0.786. The van der Waals surface area contributed by atoms with Crippen LogP contribution in [-0.4, -0.2) is 36.1 Å². The molecule has 20 heavy (non-hydrogen) atoms. The number of nitrogens with one attached hydrogen (secondary N) is 1. The Labute approximate surface area is 118 Å². The van der Waals surface area contributed by atoms with Crippen LogP contribution in [0.1, 0.15) is 39.5 Å². The standard InChI is InChI=1S/C14H23NO5/c1-3-9-7-10(11(8-9)14(18)19)13(17)15-6-5-12(16)20-4-2/h9-11H,3-8H2,1-2H3,(H,15,17)(H,18,19). The Bertz CT molecular complexity index is 369. The predicted molar refractivity (Wildman–Crippen MR) is 71.9 cm³/mol. The Kier molecular flexibility index (Phi) is 6.48. The summed E-state index contributed by atoms with van der Waals surface area (Å²) in [5.41, 5.74) is 0. The molecule has 114 valence electrons. The minimum absolute atomic E-state index is 0.112. The molecule has 1 amide bonds. The summed E-state index contributed by atoms with van der Waals surface area (Å²) in [5, 5.41) is 11.8. The molecule has 6 nitrogen and oxygen atoms in total. The second-order valence-electron chi connectivity index (χ2n) is 5.14. The first-order chi connectivity index (χ1) is 9.49. The average molecular weight is 285 g/mol. The molecule has 0 aromatic carbocycles. The van der Waals surface area contributed by atoms with Crippen molar-refractivity contribution in [3.63, 3.8) is 0 Å². The van der Waals surface area contributed by atoms with E-state index >= 15 is 0 Å². The zero-order valence-electron chi connectivity index (χ0n) is 12.1. The largest absolute Gasteiger partial charge is 0.481 e. The molecule has 1 aliphatic rings. The highest BCUT2D eigenvalue weighted by Crippen LogP contribution is 2.38. The highest BCUT2D eigenvalue weighted by molar-refractivity contribution is 5.85. The number of carbonyl (C=O) groups excluding carboxylic acids is 2. The number of ether oxygens (including phenoxy) is 1. The molecule has 0 heterocycles. The summed E-state index contributed by atoms with van der Waals surface area (Å²) in [5.74, 6) is -2.34.